The van der Waals surface area contributed by atoms with Crippen molar-refractivity contribution in [2.24, 2.45) is 0 Å². The molecule has 0 spiro atoms. The molecule has 4 nitrogen and oxygen atoms in total. The van der Waals surface area contributed by atoms with Crippen LogP contribution in [0.3, 0.4) is 0 Å². The standard InChI is InChI=1S/C13H20N2O2S/c1-2-10-9-14-12(18-10)15-11(16)8-13(17)6-4-3-5-7-13/h9,17H,2-8H2,1H3,(H,14,15,16). The van der Waals surface area contributed by atoms with Gasteiger partial charge in [-0.15, -0.1) is 11.3 Å². The largest absolute Gasteiger partial charge is 0.389 e. The third-order valence-corrected chi connectivity index (χ3v) is 4.48. The minimum absolute atomic E-state index is 0.128. The van der Waals surface area contributed by atoms with Gasteiger partial charge in [0.1, 0.15) is 0 Å². The van der Waals surface area contributed by atoms with Crippen LogP contribution in [0.25, 0.3) is 0 Å². The molecule has 1 fully saturated rings. The average Bonchev–Trinajstić information content (AvgIpc) is 2.76. The summed E-state index contributed by atoms with van der Waals surface area (Å²) in [6.07, 6.45) is 7.57. The topological polar surface area (TPSA) is 62.2 Å². The third kappa shape index (κ3) is 3.53. The van der Waals surface area contributed by atoms with Gasteiger partial charge in [0, 0.05) is 11.1 Å². The molecule has 0 atom stereocenters. The maximum absolute atomic E-state index is 11.9. The van der Waals surface area contributed by atoms with Crippen molar-refractivity contribution in [2.45, 2.75) is 57.5 Å². The van der Waals surface area contributed by atoms with Crippen molar-refractivity contribution in [3.8, 4) is 0 Å². The number of hydrogen-bond acceptors (Lipinski definition) is 4. The van der Waals surface area contributed by atoms with Crippen molar-refractivity contribution in [3.05, 3.63) is 11.1 Å². The molecule has 0 aliphatic heterocycles. The van der Waals surface area contributed by atoms with E-state index in [0.717, 1.165) is 43.4 Å². The lowest BCUT2D eigenvalue weighted by Crippen LogP contribution is -2.35. The van der Waals surface area contributed by atoms with Crippen molar-refractivity contribution in [3.63, 3.8) is 0 Å². The normalized spacial score (nSPS) is 18.6. The van der Waals surface area contributed by atoms with E-state index in [0.29, 0.717) is 5.13 Å². The van der Waals surface area contributed by atoms with Gasteiger partial charge in [-0.25, -0.2) is 4.98 Å². The van der Waals surface area contributed by atoms with Gasteiger partial charge in [-0.2, -0.15) is 0 Å². The smallest absolute Gasteiger partial charge is 0.229 e. The van der Waals surface area contributed by atoms with Crippen LogP contribution in [0.4, 0.5) is 5.13 Å². The second kappa shape index (κ2) is 5.80. The van der Waals surface area contributed by atoms with Crippen LogP contribution in [-0.4, -0.2) is 21.6 Å². The highest BCUT2D eigenvalue weighted by molar-refractivity contribution is 7.15. The van der Waals surface area contributed by atoms with E-state index in [1.165, 1.54) is 11.3 Å². The van der Waals surface area contributed by atoms with Crippen molar-refractivity contribution in [1.29, 1.82) is 0 Å². The monoisotopic (exact) mass is 268 g/mol. The van der Waals surface area contributed by atoms with Crippen LogP contribution in [0, 0.1) is 0 Å². The summed E-state index contributed by atoms with van der Waals surface area (Å²) in [6.45, 7) is 2.06. The van der Waals surface area contributed by atoms with Crippen LogP contribution >= 0.6 is 11.3 Å². The van der Waals surface area contributed by atoms with Crippen molar-refractivity contribution < 1.29 is 9.90 Å². The summed E-state index contributed by atoms with van der Waals surface area (Å²) in [6, 6.07) is 0. The molecule has 1 amide bonds. The van der Waals surface area contributed by atoms with Gasteiger partial charge in [0.15, 0.2) is 5.13 Å². The fraction of sp³-hybridized carbons (Fsp3) is 0.692. The highest BCUT2D eigenvalue weighted by Gasteiger charge is 2.31. The molecule has 1 heterocycles. The second-order valence-electron chi connectivity index (χ2n) is 5.00. The fourth-order valence-electron chi connectivity index (χ4n) is 2.38. The van der Waals surface area contributed by atoms with Crippen LogP contribution in [0.2, 0.25) is 0 Å². The molecule has 0 saturated heterocycles. The van der Waals surface area contributed by atoms with Gasteiger partial charge in [-0.1, -0.05) is 26.2 Å². The summed E-state index contributed by atoms with van der Waals surface area (Å²) < 4.78 is 0. The van der Waals surface area contributed by atoms with E-state index in [4.69, 9.17) is 0 Å². The molecule has 0 radical (unpaired) electrons. The number of aliphatic hydroxyl groups is 1. The molecule has 1 aliphatic carbocycles. The molecule has 5 heteroatoms. The van der Waals surface area contributed by atoms with Crippen LogP contribution in [-0.2, 0) is 11.2 Å². The predicted molar refractivity (Wildman–Crippen MR) is 72.8 cm³/mol. The van der Waals surface area contributed by atoms with Crippen LogP contribution in [0.15, 0.2) is 6.20 Å². The summed E-state index contributed by atoms with van der Waals surface area (Å²) in [4.78, 5) is 17.2. The summed E-state index contributed by atoms with van der Waals surface area (Å²) in [7, 11) is 0. The zero-order valence-electron chi connectivity index (χ0n) is 10.7. The Labute approximate surface area is 111 Å². The van der Waals surface area contributed by atoms with E-state index in [9.17, 15) is 9.90 Å². The molecule has 2 rings (SSSR count). The summed E-state index contributed by atoms with van der Waals surface area (Å²) in [5.74, 6) is -0.128. The number of nitrogens with zero attached hydrogens (tertiary/aromatic N) is 1. The van der Waals surface area contributed by atoms with E-state index in [1.54, 1.807) is 6.20 Å². The zero-order valence-corrected chi connectivity index (χ0v) is 11.6. The van der Waals surface area contributed by atoms with E-state index >= 15 is 0 Å². The highest BCUT2D eigenvalue weighted by Crippen LogP contribution is 2.31. The Hall–Kier alpha value is -0.940. The first-order valence-corrected chi connectivity index (χ1v) is 7.40. The lowest BCUT2D eigenvalue weighted by molar-refractivity contribution is -0.122. The molecule has 1 saturated carbocycles. The van der Waals surface area contributed by atoms with Crippen LogP contribution in [0.1, 0.15) is 50.3 Å². The molecule has 1 aromatic heterocycles. The Morgan fingerprint density at radius 1 is 1.50 bits per heavy atom. The van der Waals surface area contributed by atoms with E-state index in [2.05, 4.69) is 17.2 Å². The summed E-state index contributed by atoms with van der Waals surface area (Å²) in [5, 5.41) is 13.7. The minimum Gasteiger partial charge on any atom is -0.389 e. The number of nitrogens with one attached hydrogen (secondary N) is 1. The van der Waals surface area contributed by atoms with E-state index in [1.807, 2.05) is 0 Å². The molecule has 1 aliphatic rings. The van der Waals surface area contributed by atoms with E-state index in [-0.39, 0.29) is 12.3 Å². The first kappa shape index (κ1) is 13.5. The summed E-state index contributed by atoms with van der Waals surface area (Å²) in [5.41, 5.74) is -0.798. The van der Waals surface area contributed by atoms with Gasteiger partial charge in [-0.05, 0) is 19.3 Å². The van der Waals surface area contributed by atoms with Gasteiger partial charge >= 0.3 is 0 Å². The zero-order chi connectivity index (χ0) is 13.0. The fourth-order valence-corrected chi connectivity index (χ4v) is 3.15. The highest BCUT2D eigenvalue weighted by atomic mass is 32.1. The third-order valence-electron chi connectivity index (χ3n) is 3.42. The molecule has 100 valence electrons. The van der Waals surface area contributed by atoms with Crippen LogP contribution in [0.5, 0.6) is 0 Å². The molecule has 0 aromatic carbocycles. The number of hydrogen-bond donors (Lipinski definition) is 2. The quantitative estimate of drug-likeness (QED) is 0.882. The average molecular weight is 268 g/mol. The Morgan fingerprint density at radius 3 is 2.83 bits per heavy atom. The number of aromatic nitrogens is 1. The molecular formula is C13H20N2O2S. The second-order valence-corrected chi connectivity index (χ2v) is 6.11. The molecule has 0 unspecified atom stereocenters. The maximum atomic E-state index is 11.9. The van der Waals surface area contributed by atoms with Gasteiger partial charge in [-0.3, -0.25) is 4.79 Å². The first-order valence-electron chi connectivity index (χ1n) is 6.58. The van der Waals surface area contributed by atoms with Gasteiger partial charge < -0.3 is 10.4 Å². The Balaban J connectivity index is 1.87. The van der Waals surface area contributed by atoms with Gasteiger partial charge in [0.25, 0.3) is 0 Å². The Bertz CT molecular complexity index is 411. The minimum atomic E-state index is -0.798. The molecule has 0 bridgehead atoms. The molecular weight excluding hydrogens is 248 g/mol. The maximum Gasteiger partial charge on any atom is 0.229 e. The first-order chi connectivity index (χ1) is 8.61. The van der Waals surface area contributed by atoms with Crippen molar-refractivity contribution in [2.75, 3.05) is 5.32 Å². The van der Waals surface area contributed by atoms with E-state index < -0.39 is 5.60 Å². The SMILES string of the molecule is CCc1cnc(NC(=O)CC2(O)CCCCC2)s1. The lowest BCUT2D eigenvalue weighted by atomic mass is 9.82. The Morgan fingerprint density at radius 2 is 2.22 bits per heavy atom. The number of carbonyl (C=O) groups is 1. The number of rotatable bonds is 4. The Kier molecular flexibility index (Phi) is 4.35. The molecule has 1 aromatic rings. The van der Waals surface area contributed by atoms with Gasteiger partial charge in [0.05, 0.1) is 12.0 Å². The van der Waals surface area contributed by atoms with Gasteiger partial charge in [0.2, 0.25) is 5.91 Å². The lowest BCUT2D eigenvalue weighted by Gasteiger charge is -2.31. The molecule has 2 N–H and O–H groups in total. The number of aryl methyl sites for hydroxylation is 1. The van der Waals surface area contributed by atoms with Crippen LogP contribution < -0.4 is 5.32 Å². The van der Waals surface area contributed by atoms with Crippen molar-refractivity contribution in [1.82, 2.24) is 4.98 Å². The number of thiazole rings is 1. The predicted octanol–water partition coefficient (Wildman–Crippen LogP) is 2.73. The summed E-state index contributed by atoms with van der Waals surface area (Å²) >= 11 is 1.50. The molecule has 18 heavy (non-hydrogen) atoms. The number of carbonyl (C=O) groups excluding carboxylic acids is 1. The van der Waals surface area contributed by atoms with Crippen molar-refractivity contribution >= 4 is 22.4 Å². The number of anilines is 1. The number of amides is 1.